The van der Waals surface area contributed by atoms with Gasteiger partial charge < -0.3 is 9.32 Å². The van der Waals surface area contributed by atoms with E-state index in [0.717, 1.165) is 61.3 Å². The molecule has 1 heterocycles. The number of para-hydroxylation sites is 1. The molecule has 3 heteroatoms. The molecule has 0 spiro atoms. The van der Waals surface area contributed by atoms with Gasteiger partial charge >= 0.3 is 0 Å². The molecule has 0 saturated heterocycles. The predicted molar refractivity (Wildman–Crippen MR) is 246 cm³/mol. The SMILES string of the molecule is CC.CC1(C)c2ccccc2-c2ccc(N(c3ccc4c(c3)C(C)(C)c3ccccc3-4)c3cc(-c4ccc(F)cc4)ccc3-c3cccc4oc5ccccc5c34)cc21. The molecule has 0 radical (unpaired) electrons. The number of benzene rings is 8. The van der Waals surface area contributed by atoms with Crippen molar-refractivity contribution < 1.29 is 8.81 Å². The molecule has 0 atom stereocenters. The number of hydrogen-bond acceptors (Lipinski definition) is 2. The molecule has 0 amide bonds. The molecule has 1 aromatic heterocycles. The van der Waals surface area contributed by atoms with E-state index in [4.69, 9.17) is 4.42 Å². The van der Waals surface area contributed by atoms with Crippen LogP contribution in [-0.4, -0.2) is 0 Å². The van der Waals surface area contributed by atoms with E-state index in [9.17, 15) is 4.39 Å². The van der Waals surface area contributed by atoms with Gasteiger partial charge in [0.2, 0.25) is 0 Å². The zero-order valence-corrected chi connectivity index (χ0v) is 34.4. The Labute approximate surface area is 346 Å². The van der Waals surface area contributed by atoms with Gasteiger partial charge in [0.05, 0.1) is 5.69 Å². The topological polar surface area (TPSA) is 16.4 Å². The van der Waals surface area contributed by atoms with Crippen molar-refractivity contribution >= 4 is 39.0 Å². The van der Waals surface area contributed by atoms with Crippen LogP contribution in [0.4, 0.5) is 21.5 Å². The molecule has 2 nitrogen and oxygen atoms in total. The van der Waals surface area contributed by atoms with E-state index in [1.807, 2.05) is 38.1 Å². The van der Waals surface area contributed by atoms with E-state index in [0.29, 0.717) is 0 Å². The maximum atomic E-state index is 14.3. The summed E-state index contributed by atoms with van der Waals surface area (Å²) in [5.41, 5.74) is 19.1. The van der Waals surface area contributed by atoms with Crippen LogP contribution in [0.5, 0.6) is 0 Å². The van der Waals surface area contributed by atoms with Gasteiger partial charge in [0, 0.05) is 38.5 Å². The molecule has 0 fully saturated rings. The molecule has 9 aromatic rings. The lowest BCUT2D eigenvalue weighted by Gasteiger charge is -2.31. The Balaban J connectivity index is 0.00000207. The zero-order valence-electron chi connectivity index (χ0n) is 34.4. The maximum Gasteiger partial charge on any atom is 0.136 e. The highest BCUT2D eigenvalue weighted by Gasteiger charge is 2.38. The monoisotopic (exact) mass is 767 g/mol. The number of furan rings is 1. The molecule has 288 valence electrons. The van der Waals surface area contributed by atoms with Crippen LogP contribution in [0, 0.1) is 5.82 Å². The number of rotatable bonds is 5. The molecule has 2 aliphatic rings. The molecule has 11 rings (SSSR count). The molecule has 2 aliphatic carbocycles. The number of fused-ring (bicyclic) bond motifs is 9. The molecule has 8 aromatic carbocycles. The summed E-state index contributed by atoms with van der Waals surface area (Å²) in [4.78, 5) is 2.45. The minimum Gasteiger partial charge on any atom is -0.456 e. The summed E-state index contributed by atoms with van der Waals surface area (Å²) in [5, 5.41) is 2.16. The highest BCUT2D eigenvalue weighted by molar-refractivity contribution is 6.14. The smallest absolute Gasteiger partial charge is 0.136 e. The van der Waals surface area contributed by atoms with Crippen LogP contribution in [-0.2, 0) is 10.8 Å². The normalized spacial score (nSPS) is 13.9. The largest absolute Gasteiger partial charge is 0.456 e. The summed E-state index contributed by atoms with van der Waals surface area (Å²) < 4.78 is 20.8. The van der Waals surface area contributed by atoms with E-state index in [2.05, 4.69) is 166 Å². The van der Waals surface area contributed by atoms with Gasteiger partial charge in [-0.3, -0.25) is 0 Å². The zero-order chi connectivity index (χ0) is 40.6. The van der Waals surface area contributed by atoms with Crippen molar-refractivity contribution in [2.45, 2.75) is 52.4 Å². The summed E-state index contributed by atoms with van der Waals surface area (Å²) in [6.07, 6.45) is 0. The van der Waals surface area contributed by atoms with Crippen LogP contribution >= 0.6 is 0 Å². The molecule has 0 bridgehead atoms. The van der Waals surface area contributed by atoms with Gasteiger partial charge in [-0.25, -0.2) is 4.39 Å². The second-order valence-electron chi connectivity index (χ2n) is 16.7. The van der Waals surface area contributed by atoms with Crippen molar-refractivity contribution in [3.05, 3.63) is 198 Å². The highest BCUT2D eigenvalue weighted by atomic mass is 19.1. The number of hydrogen-bond donors (Lipinski definition) is 0. The first-order valence-corrected chi connectivity index (χ1v) is 20.8. The fourth-order valence-electron chi connectivity index (χ4n) is 9.86. The Morgan fingerprint density at radius 1 is 0.424 bits per heavy atom. The van der Waals surface area contributed by atoms with Crippen LogP contribution < -0.4 is 4.90 Å². The lowest BCUT2D eigenvalue weighted by molar-refractivity contribution is 0.628. The maximum absolute atomic E-state index is 14.3. The fourth-order valence-corrected chi connectivity index (χ4v) is 9.86. The third-order valence-electron chi connectivity index (χ3n) is 12.8. The summed E-state index contributed by atoms with van der Waals surface area (Å²) in [6.45, 7) is 13.4. The van der Waals surface area contributed by atoms with Crippen molar-refractivity contribution in [2.24, 2.45) is 0 Å². The highest BCUT2D eigenvalue weighted by Crippen LogP contribution is 2.54. The van der Waals surface area contributed by atoms with Gasteiger partial charge in [0.25, 0.3) is 0 Å². The Hall–Kier alpha value is -6.71. The van der Waals surface area contributed by atoms with E-state index in [1.165, 1.54) is 44.5 Å². The average Bonchev–Trinajstić information content (AvgIpc) is 3.84. The van der Waals surface area contributed by atoms with Crippen molar-refractivity contribution in [1.82, 2.24) is 0 Å². The Bertz CT molecular complexity index is 2990. The number of halogens is 1. The lowest BCUT2D eigenvalue weighted by Crippen LogP contribution is -2.18. The van der Waals surface area contributed by atoms with Gasteiger partial charge in [-0.2, -0.15) is 0 Å². The Kier molecular flexibility index (Phi) is 8.51. The molecule has 0 unspecified atom stereocenters. The van der Waals surface area contributed by atoms with Crippen molar-refractivity contribution in [1.29, 1.82) is 0 Å². The Morgan fingerprint density at radius 2 is 0.915 bits per heavy atom. The van der Waals surface area contributed by atoms with Gasteiger partial charge in [-0.15, -0.1) is 0 Å². The van der Waals surface area contributed by atoms with Gasteiger partial charge in [-0.05, 0) is 116 Å². The quantitative estimate of drug-likeness (QED) is 0.173. The molecule has 0 saturated carbocycles. The van der Waals surface area contributed by atoms with Crippen molar-refractivity contribution in [3.8, 4) is 44.5 Å². The lowest BCUT2D eigenvalue weighted by atomic mass is 9.82. The summed E-state index contributed by atoms with van der Waals surface area (Å²) >= 11 is 0. The van der Waals surface area contributed by atoms with E-state index < -0.39 is 0 Å². The average molecular weight is 768 g/mol. The Morgan fingerprint density at radius 3 is 1.54 bits per heavy atom. The fraction of sp³-hybridized carbons (Fsp3) is 0.143. The standard InChI is InChI=1S/C54H40FNO.C2H6/c1-53(2)45-16-8-5-12-38(45)40-28-25-36(31-47(40)53)56(37-26-29-41-39-13-6-9-17-46(39)54(3,4)48(41)32-37)49-30-34(33-20-23-35(55)24-21-33)22-27-42(49)43-15-11-19-51-52(43)44-14-7-10-18-50(44)57-51;1-2/h5-32H,1-4H3;1-2H3. The minimum atomic E-state index is -0.251. The first-order valence-electron chi connectivity index (χ1n) is 20.8. The van der Waals surface area contributed by atoms with Crippen LogP contribution in [0.3, 0.4) is 0 Å². The van der Waals surface area contributed by atoms with E-state index in [1.54, 1.807) is 12.1 Å². The second-order valence-corrected chi connectivity index (χ2v) is 16.7. The van der Waals surface area contributed by atoms with Gasteiger partial charge in [-0.1, -0.05) is 157 Å². The third-order valence-corrected chi connectivity index (χ3v) is 12.8. The van der Waals surface area contributed by atoms with Crippen LogP contribution in [0.2, 0.25) is 0 Å². The summed E-state index contributed by atoms with van der Waals surface area (Å²) in [7, 11) is 0. The molecule has 0 aliphatic heterocycles. The molecule has 59 heavy (non-hydrogen) atoms. The first kappa shape index (κ1) is 36.6. The second kappa shape index (κ2) is 13.7. The van der Waals surface area contributed by atoms with E-state index >= 15 is 0 Å². The summed E-state index contributed by atoms with van der Waals surface area (Å²) in [6, 6.07) is 59.8. The third kappa shape index (κ3) is 5.59. The van der Waals surface area contributed by atoms with Crippen LogP contribution in [0.25, 0.3) is 66.4 Å². The van der Waals surface area contributed by atoms with Crippen molar-refractivity contribution in [3.63, 3.8) is 0 Å². The van der Waals surface area contributed by atoms with Gasteiger partial charge in [0.15, 0.2) is 0 Å². The number of anilines is 3. The predicted octanol–water partition coefficient (Wildman–Crippen LogP) is 16.2. The molecular weight excluding hydrogens is 722 g/mol. The molecular formula is C56H46FNO. The summed E-state index contributed by atoms with van der Waals surface area (Å²) in [5.74, 6) is -0.251. The van der Waals surface area contributed by atoms with Crippen LogP contribution in [0.15, 0.2) is 174 Å². The minimum absolute atomic E-state index is 0.185. The number of nitrogens with zero attached hydrogens (tertiary/aromatic N) is 1. The van der Waals surface area contributed by atoms with E-state index in [-0.39, 0.29) is 16.6 Å². The van der Waals surface area contributed by atoms with Crippen molar-refractivity contribution in [2.75, 3.05) is 4.90 Å². The first-order chi connectivity index (χ1) is 28.7. The molecule has 0 N–H and O–H groups in total. The van der Waals surface area contributed by atoms with Crippen LogP contribution in [0.1, 0.15) is 63.8 Å². The van der Waals surface area contributed by atoms with Gasteiger partial charge in [0.1, 0.15) is 17.0 Å².